The molecule has 1 aliphatic heterocycles. The summed E-state index contributed by atoms with van der Waals surface area (Å²) in [6.07, 6.45) is 0.684. The average molecular weight is 368 g/mol. The lowest BCUT2D eigenvalue weighted by molar-refractivity contribution is -0.222. The van der Waals surface area contributed by atoms with Crippen molar-refractivity contribution in [1.82, 2.24) is 0 Å². The molecule has 0 radical (unpaired) electrons. The van der Waals surface area contributed by atoms with Gasteiger partial charge in [0, 0.05) is 19.4 Å². The van der Waals surface area contributed by atoms with Gasteiger partial charge in [0.2, 0.25) is 0 Å². The Balaban J connectivity index is 2.39. The Kier molecular flexibility index (Phi) is 4.90. The van der Waals surface area contributed by atoms with Crippen molar-refractivity contribution in [2.24, 2.45) is 0 Å². The normalized spacial score (nSPS) is 16.7. The third-order valence-electron chi connectivity index (χ3n) is 3.12. The lowest BCUT2D eigenvalue weighted by atomic mass is 10.1. The average Bonchev–Trinajstić information content (AvgIpc) is 2.41. The second kappa shape index (κ2) is 6.51. The Morgan fingerprint density at radius 2 is 1.54 bits per heavy atom. The highest BCUT2D eigenvalue weighted by molar-refractivity contribution is 6.18. The van der Waals surface area contributed by atoms with Gasteiger partial charge in [-0.3, -0.25) is 0 Å². The summed E-state index contributed by atoms with van der Waals surface area (Å²) in [5, 5.41) is 0. The number of rotatable bonds is 2. The summed E-state index contributed by atoms with van der Waals surface area (Å²) in [7, 11) is 0. The maximum absolute atomic E-state index is 14.3. The molecule has 0 amide bonds. The maximum atomic E-state index is 14.3. The molecule has 1 fully saturated rings. The van der Waals surface area contributed by atoms with Crippen molar-refractivity contribution < 1.29 is 37.4 Å². The van der Waals surface area contributed by atoms with Crippen molar-refractivity contribution in [3.05, 3.63) is 40.5 Å². The fourth-order valence-electron chi connectivity index (χ4n) is 2.10. The monoisotopic (exact) mass is 368 g/mol. The minimum atomic E-state index is -1.47. The molecule has 0 aromatic heterocycles. The molecular weight excluding hydrogens is 350 g/mol. The summed E-state index contributed by atoms with van der Waals surface area (Å²) in [5.41, 5.74) is -2.52. The predicted molar refractivity (Wildman–Crippen MR) is 85.8 cm³/mol. The van der Waals surface area contributed by atoms with Crippen LogP contribution in [0.1, 0.15) is 50.5 Å². The molecule has 0 atom stereocenters. The zero-order valence-electron chi connectivity index (χ0n) is 14.9. The van der Waals surface area contributed by atoms with E-state index in [-0.39, 0.29) is 5.56 Å². The van der Waals surface area contributed by atoms with Gasteiger partial charge in [0.15, 0.2) is 0 Å². The molecule has 0 saturated carbocycles. The number of cyclic esters (lactones) is 2. The molecule has 0 aliphatic carbocycles. The number of hydrogen-bond donors (Lipinski definition) is 0. The van der Waals surface area contributed by atoms with Crippen LogP contribution in [0.5, 0.6) is 0 Å². The highest BCUT2D eigenvalue weighted by Gasteiger charge is 2.39. The van der Waals surface area contributed by atoms with Crippen LogP contribution in [0.4, 0.5) is 8.78 Å². The van der Waals surface area contributed by atoms with Crippen LogP contribution in [-0.2, 0) is 23.8 Å². The maximum Gasteiger partial charge on any atom is 0.348 e. The summed E-state index contributed by atoms with van der Waals surface area (Å²) in [6.45, 7) is 7.52. The van der Waals surface area contributed by atoms with Crippen molar-refractivity contribution in [3.63, 3.8) is 0 Å². The third kappa shape index (κ3) is 4.44. The molecular formula is C18H18F2O6. The molecule has 1 heterocycles. The Morgan fingerprint density at radius 3 is 1.96 bits per heavy atom. The van der Waals surface area contributed by atoms with E-state index in [1.165, 1.54) is 13.8 Å². The zero-order chi connectivity index (χ0) is 19.9. The second-order valence-corrected chi connectivity index (χ2v) is 7.09. The van der Waals surface area contributed by atoms with Crippen LogP contribution >= 0.6 is 0 Å². The predicted octanol–water partition coefficient (Wildman–Crippen LogP) is 3.14. The highest BCUT2D eigenvalue weighted by atomic mass is 19.1. The molecule has 1 saturated heterocycles. The summed E-state index contributed by atoms with van der Waals surface area (Å²) in [6, 6.07) is 1.51. The van der Waals surface area contributed by atoms with Gasteiger partial charge in [0.05, 0.1) is 5.56 Å². The third-order valence-corrected chi connectivity index (χ3v) is 3.12. The summed E-state index contributed by atoms with van der Waals surface area (Å²) in [4.78, 5) is 35.7. The summed E-state index contributed by atoms with van der Waals surface area (Å²) in [5.74, 6) is -6.81. The fourth-order valence-corrected chi connectivity index (χ4v) is 2.10. The van der Waals surface area contributed by atoms with Crippen LogP contribution in [-0.4, -0.2) is 29.3 Å². The van der Waals surface area contributed by atoms with Crippen molar-refractivity contribution in [2.45, 2.75) is 46.0 Å². The largest absolute Gasteiger partial charge is 0.456 e. The fraction of sp³-hybridized carbons (Fsp3) is 0.389. The number of halogens is 2. The van der Waals surface area contributed by atoms with Crippen LogP contribution in [0.25, 0.3) is 6.08 Å². The van der Waals surface area contributed by atoms with Crippen molar-refractivity contribution in [3.8, 4) is 0 Å². The molecule has 8 heteroatoms. The van der Waals surface area contributed by atoms with Gasteiger partial charge in [0.25, 0.3) is 5.79 Å². The van der Waals surface area contributed by atoms with Gasteiger partial charge in [0.1, 0.15) is 22.8 Å². The quantitative estimate of drug-likeness (QED) is 0.453. The molecule has 0 bridgehead atoms. The molecule has 1 aromatic rings. The standard InChI is InChI=1S/C18H18F2O6/c1-17(2,3)24-14(21)9-6-12(19)10(13(20)7-9)8-11-15(22)25-18(4,5)26-16(11)23/h6-8H,1-5H3. The van der Waals surface area contributed by atoms with Gasteiger partial charge in [-0.1, -0.05) is 0 Å². The lowest BCUT2D eigenvalue weighted by Crippen LogP contribution is -2.41. The molecule has 6 nitrogen and oxygen atoms in total. The first-order chi connectivity index (χ1) is 11.8. The molecule has 0 spiro atoms. The molecule has 0 N–H and O–H groups in total. The number of benzene rings is 1. The first-order valence-corrected chi connectivity index (χ1v) is 7.70. The summed E-state index contributed by atoms with van der Waals surface area (Å²) >= 11 is 0. The number of ether oxygens (including phenoxy) is 3. The van der Waals surface area contributed by atoms with Crippen LogP contribution < -0.4 is 0 Å². The SMILES string of the molecule is CC(C)(C)OC(=O)c1cc(F)c(C=C2C(=O)OC(C)(C)OC2=O)c(F)c1. The van der Waals surface area contributed by atoms with Gasteiger partial charge in [-0.25, -0.2) is 23.2 Å². The number of carbonyl (C=O) groups is 3. The van der Waals surface area contributed by atoms with Gasteiger partial charge in [-0.15, -0.1) is 0 Å². The number of hydrogen-bond acceptors (Lipinski definition) is 6. The van der Waals surface area contributed by atoms with Crippen molar-refractivity contribution in [1.29, 1.82) is 0 Å². The van der Waals surface area contributed by atoms with E-state index in [1.54, 1.807) is 20.8 Å². The van der Waals surface area contributed by atoms with E-state index in [4.69, 9.17) is 14.2 Å². The topological polar surface area (TPSA) is 78.9 Å². The first-order valence-electron chi connectivity index (χ1n) is 7.70. The van der Waals surface area contributed by atoms with E-state index in [2.05, 4.69) is 0 Å². The summed E-state index contributed by atoms with van der Waals surface area (Å²) < 4.78 is 43.3. The van der Waals surface area contributed by atoms with Crippen LogP contribution in [0.15, 0.2) is 17.7 Å². The van der Waals surface area contributed by atoms with Gasteiger partial charge in [-0.05, 0) is 39.0 Å². The van der Waals surface area contributed by atoms with E-state index < -0.39 is 52.1 Å². The molecule has 26 heavy (non-hydrogen) atoms. The molecule has 1 aromatic carbocycles. The lowest BCUT2D eigenvalue weighted by Gasteiger charge is -2.29. The van der Waals surface area contributed by atoms with Crippen molar-refractivity contribution in [2.75, 3.05) is 0 Å². The zero-order valence-corrected chi connectivity index (χ0v) is 14.9. The Morgan fingerprint density at radius 1 is 1.08 bits per heavy atom. The van der Waals surface area contributed by atoms with E-state index in [0.29, 0.717) is 6.08 Å². The second-order valence-electron chi connectivity index (χ2n) is 7.09. The highest BCUT2D eigenvalue weighted by Crippen LogP contribution is 2.26. The molecule has 1 aliphatic rings. The van der Waals surface area contributed by atoms with E-state index in [0.717, 1.165) is 12.1 Å². The van der Waals surface area contributed by atoms with Crippen molar-refractivity contribution >= 4 is 24.0 Å². The Hall–Kier alpha value is -2.77. The van der Waals surface area contributed by atoms with Crippen LogP contribution in [0.2, 0.25) is 0 Å². The Labute approximate surface area is 148 Å². The number of esters is 3. The smallest absolute Gasteiger partial charge is 0.348 e. The minimum absolute atomic E-state index is 0.341. The molecule has 0 unspecified atom stereocenters. The minimum Gasteiger partial charge on any atom is -0.456 e. The van der Waals surface area contributed by atoms with Gasteiger partial charge in [-0.2, -0.15) is 0 Å². The molecule has 2 rings (SSSR count). The van der Waals surface area contributed by atoms with E-state index in [9.17, 15) is 23.2 Å². The van der Waals surface area contributed by atoms with E-state index >= 15 is 0 Å². The van der Waals surface area contributed by atoms with E-state index in [1.807, 2.05) is 0 Å². The number of carbonyl (C=O) groups excluding carboxylic acids is 3. The molecule has 140 valence electrons. The van der Waals surface area contributed by atoms with Gasteiger partial charge < -0.3 is 14.2 Å². The Bertz CT molecular complexity index is 772. The van der Waals surface area contributed by atoms with Crippen LogP contribution in [0, 0.1) is 11.6 Å². The van der Waals surface area contributed by atoms with Gasteiger partial charge >= 0.3 is 17.9 Å². The first kappa shape index (κ1) is 19.6. The van der Waals surface area contributed by atoms with Crippen LogP contribution in [0.3, 0.4) is 0 Å².